The Labute approximate surface area is 225 Å². The number of hydrogen-bond donors (Lipinski definition) is 3. The van der Waals surface area contributed by atoms with Gasteiger partial charge in [0.1, 0.15) is 12.1 Å². The highest BCUT2D eigenvalue weighted by Crippen LogP contribution is 2.25. The fourth-order valence-electron chi connectivity index (χ4n) is 4.37. The molecule has 1 aliphatic rings. The minimum absolute atomic E-state index is 0.0236. The molecule has 0 saturated carbocycles. The van der Waals surface area contributed by atoms with Crippen LogP contribution in [0.4, 0.5) is 8.78 Å². The van der Waals surface area contributed by atoms with Crippen LogP contribution in [0.1, 0.15) is 52.5 Å². The Morgan fingerprint density at radius 2 is 1.56 bits per heavy atom. The smallest absolute Gasteiger partial charge is 0.394 e. The number of halogens is 2. The molecular weight excluding hydrogens is 516 g/mol. The van der Waals surface area contributed by atoms with E-state index in [9.17, 15) is 37.5 Å². The van der Waals surface area contributed by atoms with Crippen LogP contribution in [-0.2, 0) is 35.2 Å². The van der Waals surface area contributed by atoms with Gasteiger partial charge in [-0.3, -0.25) is 24.0 Å². The first kappa shape index (κ1) is 31.5. The molecule has 1 aromatic rings. The summed E-state index contributed by atoms with van der Waals surface area (Å²) in [7, 11) is 0. The Kier molecular flexibility index (Phi) is 10.8. The molecule has 10 nitrogen and oxygen atoms in total. The third-order valence-electron chi connectivity index (χ3n) is 6.64. The second kappa shape index (κ2) is 13.4. The van der Waals surface area contributed by atoms with Crippen LogP contribution in [0.3, 0.4) is 0 Å². The monoisotopic (exact) mass is 551 g/mol. The molecule has 214 valence electrons. The zero-order valence-electron chi connectivity index (χ0n) is 22.4. The summed E-state index contributed by atoms with van der Waals surface area (Å²) in [6.45, 7) is 6.17. The van der Waals surface area contributed by atoms with E-state index in [4.69, 9.17) is 5.11 Å². The van der Waals surface area contributed by atoms with Gasteiger partial charge in [-0.1, -0.05) is 58.0 Å². The number of carbonyl (C=O) groups is 6. The van der Waals surface area contributed by atoms with Gasteiger partial charge < -0.3 is 20.6 Å². The molecule has 2 rings (SSSR count). The number of Topliss-reactive ketones (excluding diaryl/α,β-unsaturated/α-hetero) is 2. The highest BCUT2D eigenvalue weighted by atomic mass is 19.3. The Hall–Kier alpha value is -3.70. The number of nitrogens with one attached hydrogen (secondary N) is 2. The minimum Gasteiger partial charge on any atom is -0.474 e. The van der Waals surface area contributed by atoms with Crippen molar-refractivity contribution in [3.8, 4) is 0 Å². The number of carbonyl (C=O) groups excluding carboxylic acids is 5. The maximum atomic E-state index is 14.9. The Bertz CT molecular complexity index is 1090. The molecule has 39 heavy (non-hydrogen) atoms. The Morgan fingerprint density at radius 3 is 2.10 bits per heavy atom. The SMILES string of the molecule is CC(C)[C@H](NC(=O)C(=O)O)C(=O)N1CCCC1C(=O)N[C@H](C(=O)C(F)(F)C(=O)CCc1ccccc1)C(C)C. The van der Waals surface area contributed by atoms with Crippen molar-refractivity contribution >= 4 is 35.3 Å². The van der Waals surface area contributed by atoms with Crippen LogP contribution in [0.25, 0.3) is 0 Å². The van der Waals surface area contributed by atoms with Gasteiger partial charge in [-0.05, 0) is 36.7 Å². The van der Waals surface area contributed by atoms with Crippen LogP contribution >= 0.6 is 0 Å². The topological polar surface area (TPSA) is 150 Å². The highest BCUT2D eigenvalue weighted by molar-refractivity contribution is 6.32. The van der Waals surface area contributed by atoms with Gasteiger partial charge in [0.15, 0.2) is 0 Å². The van der Waals surface area contributed by atoms with Crippen LogP contribution in [0.15, 0.2) is 30.3 Å². The number of likely N-dealkylation sites (tertiary alicyclic amines) is 1. The minimum atomic E-state index is -4.33. The second-order valence-corrected chi connectivity index (χ2v) is 10.3. The molecule has 12 heteroatoms. The largest absolute Gasteiger partial charge is 0.474 e. The molecule has 0 radical (unpaired) electrons. The summed E-state index contributed by atoms with van der Waals surface area (Å²) >= 11 is 0. The normalized spacial score (nSPS) is 17.0. The molecule has 1 aromatic carbocycles. The first-order valence-corrected chi connectivity index (χ1v) is 12.8. The number of alkyl halides is 2. The summed E-state index contributed by atoms with van der Waals surface area (Å²) < 4.78 is 29.9. The summed E-state index contributed by atoms with van der Waals surface area (Å²) in [4.78, 5) is 75.2. The summed E-state index contributed by atoms with van der Waals surface area (Å²) in [6, 6.07) is 4.44. The van der Waals surface area contributed by atoms with Crippen molar-refractivity contribution in [2.75, 3.05) is 6.54 Å². The summed E-state index contributed by atoms with van der Waals surface area (Å²) in [6.07, 6.45) is 0.0114. The number of aryl methyl sites for hydroxylation is 1. The van der Waals surface area contributed by atoms with Crippen molar-refractivity contribution in [2.45, 2.75) is 77.4 Å². The zero-order chi connectivity index (χ0) is 29.5. The molecule has 3 amide bonds. The van der Waals surface area contributed by atoms with E-state index in [1.807, 2.05) is 0 Å². The molecule has 1 fully saturated rings. The van der Waals surface area contributed by atoms with Crippen LogP contribution in [0, 0.1) is 11.8 Å². The number of rotatable bonds is 12. The number of ketones is 2. The lowest BCUT2D eigenvalue weighted by atomic mass is 9.92. The number of nitrogens with zero attached hydrogens (tertiary/aromatic N) is 1. The zero-order valence-corrected chi connectivity index (χ0v) is 22.4. The molecule has 1 unspecified atom stereocenters. The van der Waals surface area contributed by atoms with Gasteiger partial charge >= 0.3 is 17.8 Å². The van der Waals surface area contributed by atoms with Gasteiger partial charge in [-0.25, -0.2) is 4.79 Å². The second-order valence-electron chi connectivity index (χ2n) is 10.3. The fraction of sp³-hybridized carbons (Fsp3) is 0.556. The molecule has 1 heterocycles. The molecule has 3 atom stereocenters. The van der Waals surface area contributed by atoms with Crippen molar-refractivity contribution in [1.82, 2.24) is 15.5 Å². The van der Waals surface area contributed by atoms with Crippen molar-refractivity contribution in [1.29, 1.82) is 0 Å². The standard InChI is InChI=1S/C27H35F2N3O7/c1-15(2)20(22(34)27(28,29)19(33)13-12-17-9-6-5-7-10-17)30-23(35)18-11-8-14-32(18)25(37)21(16(3)4)31-24(36)26(38)39/h5-7,9-10,15-16,18,20-21H,8,11-14H2,1-4H3,(H,30,35)(H,31,36)(H,38,39)/t18?,20-,21-/m0/s1. The summed E-state index contributed by atoms with van der Waals surface area (Å²) in [5.74, 6) is -13.6. The number of hydrogen-bond acceptors (Lipinski definition) is 6. The van der Waals surface area contributed by atoms with E-state index in [1.54, 1.807) is 44.2 Å². The first-order valence-electron chi connectivity index (χ1n) is 12.8. The summed E-state index contributed by atoms with van der Waals surface area (Å²) in [5, 5.41) is 13.3. The van der Waals surface area contributed by atoms with Gasteiger partial charge in [0.2, 0.25) is 23.4 Å². The molecule has 0 aromatic heterocycles. The third-order valence-corrected chi connectivity index (χ3v) is 6.64. The molecule has 3 N–H and O–H groups in total. The number of amides is 3. The molecular formula is C27H35F2N3O7. The van der Waals surface area contributed by atoms with Crippen molar-refractivity contribution < 1.29 is 42.7 Å². The van der Waals surface area contributed by atoms with Crippen molar-refractivity contribution in [3.05, 3.63) is 35.9 Å². The van der Waals surface area contributed by atoms with Crippen LogP contribution in [-0.4, -0.2) is 75.9 Å². The fourth-order valence-corrected chi connectivity index (χ4v) is 4.37. The lowest BCUT2D eigenvalue weighted by Crippen LogP contribution is -2.59. The van der Waals surface area contributed by atoms with Crippen LogP contribution in [0.2, 0.25) is 0 Å². The number of aliphatic carboxylic acids is 1. The van der Waals surface area contributed by atoms with E-state index >= 15 is 0 Å². The predicted molar refractivity (Wildman–Crippen MR) is 136 cm³/mol. The summed E-state index contributed by atoms with van der Waals surface area (Å²) in [5.41, 5.74) is 0.660. The van der Waals surface area contributed by atoms with Crippen molar-refractivity contribution in [2.24, 2.45) is 11.8 Å². The quantitative estimate of drug-likeness (QED) is 0.265. The van der Waals surface area contributed by atoms with Crippen LogP contribution < -0.4 is 10.6 Å². The van der Waals surface area contributed by atoms with E-state index in [1.165, 1.54) is 13.8 Å². The molecule has 1 saturated heterocycles. The predicted octanol–water partition coefficient (Wildman–Crippen LogP) is 1.75. The first-order chi connectivity index (χ1) is 18.2. The van der Waals surface area contributed by atoms with E-state index in [2.05, 4.69) is 10.6 Å². The van der Waals surface area contributed by atoms with Gasteiger partial charge in [0, 0.05) is 13.0 Å². The maximum Gasteiger partial charge on any atom is 0.394 e. The number of carboxylic acid groups (broad SMARTS) is 1. The average molecular weight is 552 g/mol. The van der Waals surface area contributed by atoms with E-state index < -0.39 is 77.6 Å². The van der Waals surface area contributed by atoms with Gasteiger partial charge in [0.05, 0.1) is 6.04 Å². The Morgan fingerprint density at radius 1 is 0.974 bits per heavy atom. The molecule has 0 spiro atoms. The van der Waals surface area contributed by atoms with Crippen molar-refractivity contribution in [3.63, 3.8) is 0 Å². The van der Waals surface area contributed by atoms with Gasteiger partial charge in [-0.15, -0.1) is 0 Å². The van der Waals surface area contributed by atoms with E-state index in [0.717, 1.165) is 4.90 Å². The number of benzene rings is 1. The Balaban J connectivity index is 2.15. The lowest BCUT2D eigenvalue weighted by Gasteiger charge is -2.32. The lowest BCUT2D eigenvalue weighted by molar-refractivity contribution is -0.159. The highest BCUT2D eigenvalue weighted by Gasteiger charge is 2.51. The number of carboxylic acids is 1. The molecule has 1 aliphatic heterocycles. The van der Waals surface area contributed by atoms with Crippen LogP contribution in [0.5, 0.6) is 0 Å². The molecule has 0 aliphatic carbocycles. The maximum absolute atomic E-state index is 14.9. The van der Waals surface area contributed by atoms with E-state index in [-0.39, 0.29) is 19.4 Å². The molecule has 0 bridgehead atoms. The van der Waals surface area contributed by atoms with Gasteiger partial charge in [-0.2, -0.15) is 8.78 Å². The average Bonchev–Trinajstić information content (AvgIpc) is 3.38. The van der Waals surface area contributed by atoms with E-state index in [0.29, 0.717) is 12.0 Å². The van der Waals surface area contributed by atoms with Gasteiger partial charge in [0.25, 0.3) is 0 Å². The third kappa shape index (κ3) is 7.90.